The van der Waals surface area contributed by atoms with E-state index in [1.807, 2.05) is 47.4 Å². The highest BCUT2D eigenvalue weighted by atomic mass is 35.5. The Kier molecular flexibility index (Phi) is 7.51. The van der Waals surface area contributed by atoms with Gasteiger partial charge in [-0.2, -0.15) is 0 Å². The van der Waals surface area contributed by atoms with E-state index >= 15 is 0 Å². The maximum atomic E-state index is 12.8. The lowest BCUT2D eigenvalue weighted by molar-refractivity contribution is -0.114. The third-order valence-electron chi connectivity index (χ3n) is 6.30. The van der Waals surface area contributed by atoms with Crippen molar-refractivity contribution < 1.29 is 9.59 Å². The highest BCUT2D eigenvalue weighted by molar-refractivity contribution is 6.30. The van der Waals surface area contributed by atoms with Gasteiger partial charge in [-0.25, -0.2) is 9.97 Å². The lowest BCUT2D eigenvalue weighted by Crippen LogP contribution is -2.48. The van der Waals surface area contributed by atoms with Crippen molar-refractivity contribution in [2.75, 3.05) is 41.7 Å². The fourth-order valence-electron chi connectivity index (χ4n) is 4.33. The number of rotatable bonds is 6. The Balaban J connectivity index is 1.18. The molecule has 1 aliphatic heterocycles. The lowest BCUT2D eigenvalue weighted by Gasteiger charge is -2.36. The highest BCUT2D eigenvalue weighted by Crippen LogP contribution is 2.24. The molecule has 0 unspecified atom stereocenters. The molecule has 0 radical (unpaired) electrons. The molecule has 0 aliphatic carbocycles. The summed E-state index contributed by atoms with van der Waals surface area (Å²) in [5.41, 5.74) is 5.08. The average molecular weight is 527 g/mol. The summed E-state index contributed by atoms with van der Waals surface area (Å²) in [6, 6.07) is 24.5. The molecule has 0 bridgehead atoms. The molecular weight excluding hydrogens is 500 g/mol. The van der Waals surface area contributed by atoms with Gasteiger partial charge in [0.05, 0.1) is 5.69 Å². The van der Waals surface area contributed by atoms with Gasteiger partial charge >= 0.3 is 0 Å². The average Bonchev–Trinajstić information content (AvgIpc) is 2.94. The second-order valence-corrected chi connectivity index (χ2v) is 9.42. The molecule has 1 saturated heterocycles. The quantitative estimate of drug-likeness (QED) is 0.346. The number of nitrogens with one attached hydrogen (secondary N) is 2. The number of aromatic nitrogens is 2. The summed E-state index contributed by atoms with van der Waals surface area (Å²) in [7, 11) is 0. The Bertz CT molecular complexity index is 1420. The highest BCUT2D eigenvalue weighted by Gasteiger charge is 2.22. The second-order valence-electron chi connectivity index (χ2n) is 8.98. The number of hydrogen-bond donors (Lipinski definition) is 2. The van der Waals surface area contributed by atoms with Crippen LogP contribution >= 0.6 is 11.6 Å². The normalized spacial score (nSPS) is 13.2. The minimum absolute atomic E-state index is 0.0340. The van der Waals surface area contributed by atoms with Crippen LogP contribution in [0.1, 0.15) is 17.3 Å². The molecule has 0 spiro atoms. The van der Waals surface area contributed by atoms with Crippen LogP contribution in [-0.4, -0.2) is 52.9 Å². The van der Waals surface area contributed by atoms with Gasteiger partial charge in [0, 0.05) is 72.5 Å². The third-order valence-corrected chi connectivity index (χ3v) is 6.56. The van der Waals surface area contributed by atoms with Crippen LogP contribution in [0.4, 0.5) is 23.0 Å². The molecule has 1 aliphatic rings. The molecule has 192 valence electrons. The first-order valence-electron chi connectivity index (χ1n) is 12.3. The zero-order valence-corrected chi connectivity index (χ0v) is 21.7. The molecule has 3 aromatic carbocycles. The van der Waals surface area contributed by atoms with Gasteiger partial charge in [-0.3, -0.25) is 9.59 Å². The Morgan fingerprint density at radius 1 is 0.816 bits per heavy atom. The van der Waals surface area contributed by atoms with Crippen LogP contribution in [0.15, 0.2) is 85.1 Å². The largest absolute Gasteiger partial charge is 0.368 e. The number of nitrogens with zero attached hydrogens (tertiary/aromatic N) is 4. The monoisotopic (exact) mass is 526 g/mol. The number of hydrogen-bond acceptors (Lipinski definition) is 6. The zero-order chi connectivity index (χ0) is 26.5. The number of anilines is 4. The van der Waals surface area contributed by atoms with Crippen molar-refractivity contribution in [3.63, 3.8) is 0 Å². The molecular formula is C29H27ClN6O2. The van der Waals surface area contributed by atoms with Crippen LogP contribution in [0.25, 0.3) is 11.3 Å². The van der Waals surface area contributed by atoms with Crippen LogP contribution in [0, 0.1) is 0 Å². The van der Waals surface area contributed by atoms with Gasteiger partial charge in [0.1, 0.15) is 0 Å². The molecule has 38 heavy (non-hydrogen) atoms. The lowest BCUT2D eigenvalue weighted by atomic mass is 10.1. The van der Waals surface area contributed by atoms with Crippen molar-refractivity contribution in [1.29, 1.82) is 0 Å². The minimum atomic E-state index is -0.108. The summed E-state index contributed by atoms with van der Waals surface area (Å²) in [6.07, 6.45) is 1.71. The van der Waals surface area contributed by atoms with Crippen molar-refractivity contribution in [3.05, 3.63) is 95.6 Å². The molecule has 2 N–H and O–H groups in total. The molecule has 2 heterocycles. The molecule has 0 atom stereocenters. The van der Waals surface area contributed by atoms with Gasteiger partial charge in [0.2, 0.25) is 11.9 Å². The maximum absolute atomic E-state index is 12.8. The fourth-order valence-corrected chi connectivity index (χ4v) is 4.46. The van der Waals surface area contributed by atoms with E-state index in [2.05, 4.69) is 37.6 Å². The molecule has 1 fully saturated rings. The first-order valence-corrected chi connectivity index (χ1v) is 12.7. The van der Waals surface area contributed by atoms with E-state index in [1.165, 1.54) is 6.92 Å². The third kappa shape index (κ3) is 6.10. The first kappa shape index (κ1) is 25.2. The second kappa shape index (κ2) is 11.3. The predicted molar refractivity (Wildman–Crippen MR) is 151 cm³/mol. The van der Waals surface area contributed by atoms with Crippen LogP contribution in [0.5, 0.6) is 0 Å². The van der Waals surface area contributed by atoms with Gasteiger partial charge in [-0.05, 0) is 66.7 Å². The van der Waals surface area contributed by atoms with Gasteiger partial charge in [-0.1, -0.05) is 23.7 Å². The minimum Gasteiger partial charge on any atom is -0.368 e. The molecule has 2 amide bonds. The summed E-state index contributed by atoms with van der Waals surface area (Å²) in [5.74, 6) is 0.422. The number of benzene rings is 3. The molecule has 8 nitrogen and oxygen atoms in total. The summed E-state index contributed by atoms with van der Waals surface area (Å²) in [6.45, 7) is 4.33. The van der Waals surface area contributed by atoms with Crippen LogP contribution in [0.3, 0.4) is 0 Å². The van der Waals surface area contributed by atoms with E-state index in [0.29, 0.717) is 29.6 Å². The number of carbonyl (C=O) groups excluding carboxylic acids is 2. The number of amides is 2. The molecule has 5 rings (SSSR count). The number of carbonyl (C=O) groups is 2. The number of piperazine rings is 1. The van der Waals surface area contributed by atoms with Crippen LogP contribution < -0.4 is 15.5 Å². The van der Waals surface area contributed by atoms with Crippen molar-refractivity contribution in [3.8, 4) is 11.3 Å². The van der Waals surface area contributed by atoms with Crippen molar-refractivity contribution in [2.45, 2.75) is 6.92 Å². The Morgan fingerprint density at radius 3 is 2.13 bits per heavy atom. The zero-order valence-electron chi connectivity index (χ0n) is 20.9. The van der Waals surface area contributed by atoms with Gasteiger partial charge in [0.15, 0.2) is 0 Å². The van der Waals surface area contributed by atoms with Gasteiger partial charge in [-0.15, -0.1) is 0 Å². The number of halogens is 1. The topological polar surface area (TPSA) is 90.5 Å². The molecule has 9 heteroatoms. The molecule has 0 saturated carbocycles. The molecule has 1 aromatic heterocycles. The van der Waals surface area contributed by atoms with E-state index in [1.54, 1.807) is 30.5 Å². The van der Waals surface area contributed by atoms with Crippen molar-refractivity contribution >= 4 is 46.4 Å². The van der Waals surface area contributed by atoms with E-state index in [0.717, 1.165) is 41.4 Å². The van der Waals surface area contributed by atoms with E-state index in [4.69, 9.17) is 11.6 Å². The standard InChI is InChI=1S/C29H27ClN6O2/c1-20(37)32-24-8-4-21(5-9-24)27-14-15-31-29(34-27)33-25-10-12-26(13-11-25)35-16-18-36(19-17-35)28(38)22-2-6-23(30)7-3-22/h2-15H,16-19H2,1H3,(H,32,37)(H,31,33,34). The van der Waals surface area contributed by atoms with Gasteiger partial charge < -0.3 is 20.4 Å². The van der Waals surface area contributed by atoms with Gasteiger partial charge in [0.25, 0.3) is 5.91 Å². The first-order chi connectivity index (χ1) is 18.4. The Morgan fingerprint density at radius 2 is 1.47 bits per heavy atom. The Labute approximate surface area is 226 Å². The summed E-state index contributed by atoms with van der Waals surface area (Å²) in [4.78, 5) is 37.1. The van der Waals surface area contributed by atoms with Crippen molar-refractivity contribution in [2.24, 2.45) is 0 Å². The van der Waals surface area contributed by atoms with E-state index in [9.17, 15) is 9.59 Å². The van der Waals surface area contributed by atoms with Crippen molar-refractivity contribution in [1.82, 2.24) is 14.9 Å². The smallest absolute Gasteiger partial charge is 0.253 e. The Hall–Kier alpha value is -4.43. The van der Waals surface area contributed by atoms with E-state index < -0.39 is 0 Å². The SMILES string of the molecule is CC(=O)Nc1ccc(-c2ccnc(Nc3ccc(N4CCN(C(=O)c5ccc(Cl)cc5)CC4)cc3)n2)cc1. The maximum Gasteiger partial charge on any atom is 0.253 e. The molecule has 4 aromatic rings. The van der Waals surface area contributed by atoms with Crippen LogP contribution in [-0.2, 0) is 4.79 Å². The van der Waals surface area contributed by atoms with Crippen LogP contribution in [0.2, 0.25) is 5.02 Å². The summed E-state index contributed by atoms with van der Waals surface area (Å²) < 4.78 is 0. The van der Waals surface area contributed by atoms with E-state index in [-0.39, 0.29) is 11.8 Å². The summed E-state index contributed by atoms with van der Waals surface area (Å²) >= 11 is 5.94. The summed E-state index contributed by atoms with van der Waals surface area (Å²) in [5, 5.41) is 6.65. The predicted octanol–water partition coefficient (Wildman–Crippen LogP) is 5.46. The fraction of sp³-hybridized carbons (Fsp3) is 0.172.